The number of benzene rings is 1. The van der Waals surface area contributed by atoms with Crippen molar-refractivity contribution in [2.24, 2.45) is 0 Å². The lowest BCUT2D eigenvalue weighted by Gasteiger charge is -2.35. The number of aryl methyl sites for hydroxylation is 1. The van der Waals surface area contributed by atoms with Gasteiger partial charge in [0.05, 0.1) is 17.6 Å². The van der Waals surface area contributed by atoms with E-state index in [2.05, 4.69) is 28.3 Å². The molecular weight excluding hydrogens is 304 g/mol. The number of hydrogen-bond donors (Lipinski definition) is 2. The number of urea groups is 1. The summed E-state index contributed by atoms with van der Waals surface area (Å²) in [6.45, 7) is 3.98. The van der Waals surface area contributed by atoms with E-state index in [0.29, 0.717) is 13.2 Å². The summed E-state index contributed by atoms with van der Waals surface area (Å²) in [5, 5.41) is 3.00. The van der Waals surface area contributed by atoms with E-state index >= 15 is 0 Å². The van der Waals surface area contributed by atoms with E-state index in [9.17, 15) is 4.79 Å². The topological polar surface area (TPSA) is 70.2 Å². The molecule has 6 heteroatoms. The largest absolute Gasteiger partial charge is 0.385 e. The lowest BCUT2D eigenvalue weighted by Crippen LogP contribution is -2.48. The monoisotopic (exact) mass is 330 g/mol. The van der Waals surface area contributed by atoms with Gasteiger partial charge in [-0.25, -0.2) is 9.78 Å². The molecule has 3 rings (SSSR count). The van der Waals surface area contributed by atoms with Crippen molar-refractivity contribution in [3.8, 4) is 0 Å². The summed E-state index contributed by atoms with van der Waals surface area (Å²) in [4.78, 5) is 22.3. The number of nitrogens with zero attached hydrogens (tertiary/aromatic N) is 2. The van der Waals surface area contributed by atoms with Gasteiger partial charge in [0.1, 0.15) is 5.82 Å². The highest BCUT2D eigenvalue weighted by Gasteiger charge is 2.26. The first-order chi connectivity index (χ1) is 11.7. The number of fused-ring (bicyclic) bond motifs is 1. The van der Waals surface area contributed by atoms with Gasteiger partial charge in [0, 0.05) is 26.3 Å². The first-order valence-corrected chi connectivity index (χ1v) is 8.66. The predicted octanol–water partition coefficient (Wildman–Crippen LogP) is 2.97. The number of likely N-dealkylation sites (tertiary alicyclic amines) is 1. The molecule has 0 unspecified atom stereocenters. The lowest BCUT2D eigenvalue weighted by atomic mass is 10.0. The number of amides is 2. The average molecular weight is 330 g/mol. The van der Waals surface area contributed by atoms with Crippen molar-refractivity contribution in [1.29, 1.82) is 0 Å². The fourth-order valence-corrected chi connectivity index (χ4v) is 3.34. The Morgan fingerprint density at radius 3 is 3.17 bits per heavy atom. The van der Waals surface area contributed by atoms with Crippen LogP contribution >= 0.6 is 0 Å². The Kier molecular flexibility index (Phi) is 5.35. The summed E-state index contributed by atoms with van der Waals surface area (Å²) in [7, 11) is 1.70. The minimum absolute atomic E-state index is 0.00700. The van der Waals surface area contributed by atoms with Crippen LogP contribution in [0.1, 0.15) is 37.1 Å². The third kappa shape index (κ3) is 3.87. The number of H-pyrrole nitrogens is 1. The minimum Gasteiger partial charge on any atom is -0.385 e. The van der Waals surface area contributed by atoms with E-state index in [1.807, 2.05) is 17.0 Å². The molecule has 1 fully saturated rings. The molecule has 0 aliphatic carbocycles. The normalized spacial score (nSPS) is 18.1. The lowest BCUT2D eigenvalue weighted by molar-refractivity contribution is 0.116. The molecule has 1 saturated heterocycles. The molecule has 0 spiro atoms. The maximum absolute atomic E-state index is 12.5. The van der Waals surface area contributed by atoms with Crippen LogP contribution in [0.4, 0.5) is 4.79 Å². The summed E-state index contributed by atoms with van der Waals surface area (Å²) < 4.78 is 5.17. The van der Waals surface area contributed by atoms with E-state index in [1.54, 1.807) is 7.11 Å². The number of piperidine rings is 1. The zero-order valence-corrected chi connectivity index (χ0v) is 14.5. The summed E-state index contributed by atoms with van der Waals surface area (Å²) in [5.74, 6) is 0.786. The Hall–Kier alpha value is -2.08. The van der Waals surface area contributed by atoms with Crippen molar-refractivity contribution < 1.29 is 9.53 Å². The molecular formula is C18H26N4O2. The van der Waals surface area contributed by atoms with Gasteiger partial charge in [0.2, 0.25) is 0 Å². The van der Waals surface area contributed by atoms with E-state index in [-0.39, 0.29) is 12.1 Å². The summed E-state index contributed by atoms with van der Waals surface area (Å²) in [6, 6.07) is 6.38. The van der Waals surface area contributed by atoms with E-state index in [0.717, 1.165) is 42.7 Å². The highest BCUT2D eigenvalue weighted by molar-refractivity contribution is 5.76. The van der Waals surface area contributed by atoms with Crippen LogP contribution < -0.4 is 5.32 Å². The van der Waals surface area contributed by atoms with E-state index in [1.165, 1.54) is 12.0 Å². The molecule has 2 aromatic rings. The number of ether oxygens (including phenoxy) is 1. The van der Waals surface area contributed by atoms with Crippen molar-refractivity contribution in [3.63, 3.8) is 0 Å². The van der Waals surface area contributed by atoms with E-state index < -0.39 is 0 Å². The molecule has 1 aliphatic heterocycles. The van der Waals surface area contributed by atoms with Gasteiger partial charge in [-0.1, -0.05) is 6.07 Å². The van der Waals surface area contributed by atoms with E-state index in [4.69, 9.17) is 4.74 Å². The molecule has 1 aromatic heterocycles. The highest BCUT2D eigenvalue weighted by atomic mass is 16.5. The number of carbonyl (C=O) groups excluding carboxylic acids is 1. The first-order valence-electron chi connectivity index (χ1n) is 8.66. The third-order valence-corrected chi connectivity index (χ3v) is 4.64. The number of nitrogens with one attached hydrogen (secondary N) is 2. The minimum atomic E-state index is -0.00700. The number of rotatable bonds is 5. The molecule has 1 atom stereocenters. The highest BCUT2D eigenvalue weighted by Crippen LogP contribution is 2.20. The van der Waals surface area contributed by atoms with Gasteiger partial charge in [0.15, 0.2) is 0 Å². The number of hydrogen-bond acceptors (Lipinski definition) is 3. The summed E-state index contributed by atoms with van der Waals surface area (Å²) >= 11 is 0. The van der Waals surface area contributed by atoms with Crippen molar-refractivity contribution >= 4 is 17.1 Å². The van der Waals surface area contributed by atoms with Gasteiger partial charge in [-0.3, -0.25) is 0 Å². The molecule has 1 aromatic carbocycles. The Morgan fingerprint density at radius 1 is 1.46 bits per heavy atom. The van der Waals surface area contributed by atoms with Crippen molar-refractivity contribution in [1.82, 2.24) is 20.2 Å². The standard InChI is InChI=1S/C18H26N4O2/c1-13-6-7-15-16(11-13)21-17(20-15)12-19-18(23)22-9-4-3-5-14(22)8-10-24-2/h6-7,11,14H,3-5,8-10,12H2,1-2H3,(H,19,23)(H,20,21)/t14-/m1/s1. The first kappa shape index (κ1) is 16.8. The van der Waals surface area contributed by atoms with Crippen LogP contribution in [0.5, 0.6) is 0 Å². The Labute approximate surface area is 142 Å². The molecule has 0 saturated carbocycles. The molecule has 6 nitrogen and oxygen atoms in total. The Balaban J connectivity index is 1.60. The second-order valence-electron chi connectivity index (χ2n) is 6.49. The maximum Gasteiger partial charge on any atom is 0.318 e. The summed E-state index contributed by atoms with van der Waals surface area (Å²) in [5.41, 5.74) is 3.13. The van der Waals surface area contributed by atoms with Gasteiger partial charge in [-0.05, 0) is 50.3 Å². The Bertz CT molecular complexity index is 697. The second kappa shape index (κ2) is 7.66. The second-order valence-corrected chi connectivity index (χ2v) is 6.49. The van der Waals surface area contributed by atoms with Gasteiger partial charge in [-0.15, -0.1) is 0 Å². The van der Waals surface area contributed by atoms with Crippen molar-refractivity contribution in [2.45, 2.75) is 45.2 Å². The number of aromatic amines is 1. The molecule has 2 N–H and O–H groups in total. The van der Waals surface area contributed by atoms with Gasteiger partial charge < -0.3 is 19.9 Å². The number of aromatic nitrogens is 2. The fraction of sp³-hybridized carbons (Fsp3) is 0.556. The van der Waals surface area contributed by atoms with Crippen LogP contribution in [0.15, 0.2) is 18.2 Å². The third-order valence-electron chi connectivity index (χ3n) is 4.64. The van der Waals surface area contributed by atoms with Crippen LogP contribution in [-0.4, -0.2) is 47.2 Å². The van der Waals surface area contributed by atoms with Crippen molar-refractivity contribution in [3.05, 3.63) is 29.6 Å². The smallest absolute Gasteiger partial charge is 0.318 e. The zero-order chi connectivity index (χ0) is 16.9. The summed E-state index contributed by atoms with van der Waals surface area (Å²) in [6.07, 6.45) is 4.20. The molecule has 24 heavy (non-hydrogen) atoms. The molecule has 2 amide bonds. The van der Waals surface area contributed by atoms with Crippen LogP contribution in [0.3, 0.4) is 0 Å². The molecule has 2 heterocycles. The Morgan fingerprint density at radius 2 is 2.33 bits per heavy atom. The number of imidazole rings is 1. The van der Waals surface area contributed by atoms with Crippen LogP contribution in [0.2, 0.25) is 0 Å². The van der Waals surface area contributed by atoms with Gasteiger partial charge in [0.25, 0.3) is 0 Å². The molecule has 1 aliphatic rings. The van der Waals surface area contributed by atoms with Crippen molar-refractivity contribution in [2.75, 3.05) is 20.3 Å². The average Bonchev–Trinajstić information content (AvgIpc) is 3.00. The van der Waals surface area contributed by atoms with Crippen LogP contribution in [0, 0.1) is 6.92 Å². The van der Waals surface area contributed by atoms with Gasteiger partial charge in [-0.2, -0.15) is 0 Å². The van der Waals surface area contributed by atoms with Crippen LogP contribution in [0.25, 0.3) is 11.0 Å². The fourth-order valence-electron chi connectivity index (χ4n) is 3.34. The number of methoxy groups -OCH3 is 1. The number of carbonyl (C=O) groups is 1. The van der Waals surface area contributed by atoms with Crippen LogP contribution in [-0.2, 0) is 11.3 Å². The molecule has 0 bridgehead atoms. The predicted molar refractivity (Wildman–Crippen MR) is 93.9 cm³/mol. The SMILES string of the molecule is COCC[C@H]1CCCCN1C(=O)NCc1nc2ccc(C)cc2[nH]1. The molecule has 0 radical (unpaired) electrons. The molecule has 130 valence electrons. The quantitative estimate of drug-likeness (QED) is 0.885. The zero-order valence-electron chi connectivity index (χ0n) is 14.5. The van der Waals surface area contributed by atoms with Gasteiger partial charge >= 0.3 is 6.03 Å². The maximum atomic E-state index is 12.5.